The molecule has 0 aliphatic carbocycles. The molecular weight excluding hydrogens is 688 g/mol. The van der Waals surface area contributed by atoms with E-state index in [9.17, 15) is 23.1 Å². The van der Waals surface area contributed by atoms with Crippen molar-refractivity contribution in [3.8, 4) is 5.75 Å². The predicted octanol–water partition coefficient (Wildman–Crippen LogP) is 7.91. The Kier molecular flexibility index (Phi) is 11.1. The minimum Gasteiger partial charge on any atom is -0.493 e. The summed E-state index contributed by atoms with van der Waals surface area (Å²) in [6.45, 7) is 6.90. The predicted molar refractivity (Wildman–Crippen MR) is 189 cm³/mol. The van der Waals surface area contributed by atoms with Gasteiger partial charge < -0.3 is 9.84 Å². The minimum absolute atomic E-state index is 0.0578. The van der Waals surface area contributed by atoms with Crippen LogP contribution in [0.1, 0.15) is 57.2 Å². The van der Waals surface area contributed by atoms with Crippen LogP contribution in [0.25, 0.3) is 0 Å². The molecule has 0 spiro atoms. The largest absolute Gasteiger partial charge is 0.493 e. The summed E-state index contributed by atoms with van der Waals surface area (Å²) < 4.78 is 48.2. The number of aliphatic imine (C=N–C) groups is 1. The first-order valence-corrected chi connectivity index (χ1v) is 17.2. The molecule has 7 nitrogen and oxygen atoms in total. The Morgan fingerprint density at radius 2 is 1.46 bits per heavy atom. The van der Waals surface area contributed by atoms with E-state index in [2.05, 4.69) is 9.80 Å². The highest BCUT2D eigenvalue weighted by Crippen LogP contribution is 2.46. The Morgan fingerprint density at radius 1 is 0.860 bits per heavy atom. The summed E-state index contributed by atoms with van der Waals surface area (Å²) in [5.74, 6) is -0.184. The molecule has 4 aromatic carbocycles. The number of aliphatic hydroxyl groups is 1. The molecule has 1 N–H and O–H groups in total. The zero-order chi connectivity index (χ0) is 35.4. The Morgan fingerprint density at radius 3 is 2.04 bits per heavy atom. The lowest BCUT2D eigenvalue weighted by Gasteiger charge is -2.34. The van der Waals surface area contributed by atoms with Gasteiger partial charge in [0.15, 0.2) is 0 Å². The lowest BCUT2D eigenvalue weighted by Crippen LogP contribution is -2.46. The molecule has 2 unspecified atom stereocenters. The molecule has 6 rings (SSSR count). The standard InChI is InChI=1S/C38H37Cl2F3N4O3/c1-2-50-33-16-11-29(38(41,42)43)23-32(33)36-44-34(26-7-12-30(39)13-8-26)35(27-9-14-31(40)15-10-27)47(36)37(49)28-5-3-25(4-6-28)24-46-19-17-45(18-20-46)21-22-48/h3-16,23,34-35,48H,2,17-22,24H2,1H3. The smallest absolute Gasteiger partial charge is 0.416 e. The Hall–Kier alpha value is -3.93. The number of nitrogens with zero attached hydrogens (tertiary/aromatic N) is 4. The van der Waals surface area contributed by atoms with Crippen molar-refractivity contribution in [1.82, 2.24) is 14.7 Å². The molecule has 1 fully saturated rings. The third-order valence-electron chi connectivity index (χ3n) is 9.04. The van der Waals surface area contributed by atoms with Crippen molar-refractivity contribution in [1.29, 1.82) is 0 Å². The summed E-state index contributed by atoms with van der Waals surface area (Å²) in [5, 5.41) is 10.3. The van der Waals surface area contributed by atoms with Crippen molar-refractivity contribution in [3.05, 3.63) is 134 Å². The van der Waals surface area contributed by atoms with Crippen molar-refractivity contribution in [3.63, 3.8) is 0 Å². The number of hydrogen-bond acceptors (Lipinski definition) is 6. The van der Waals surface area contributed by atoms with Crippen molar-refractivity contribution < 1.29 is 27.8 Å². The van der Waals surface area contributed by atoms with E-state index in [1.165, 1.54) is 11.0 Å². The van der Waals surface area contributed by atoms with Crippen LogP contribution in [0, 0.1) is 0 Å². The second kappa shape index (κ2) is 15.5. The third kappa shape index (κ3) is 8.00. The number of piperazine rings is 1. The highest BCUT2D eigenvalue weighted by Gasteiger charge is 2.44. The van der Waals surface area contributed by atoms with Crippen molar-refractivity contribution in [2.24, 2.45) is 4.99 Å². The molecule has 2 heterocycles. The normalized spacial score (nSPS) is 18.7. The maximum absolute atomic E-state index is 14.8. The van der Waals surface area contributed by atoms with Gasteiger partial charge in [0.25, 0.3) is 5.91 Å². The number of β-amino-alcohol motifs (C(OH)–C–C–N with tert-alkyl or cyclic N) is 1. The number of benzene rings is 4. The van der Waals surface area contributed by atoms with Gasteiger partial charge in [-0.25, -0.2) is 0 Å². The number of alkyl halides is 3. The monoisotopic (exact) mass is 724 g/mol. The van der Waals surface area contributed by atoms with Gasteiger partial charge in [0.05, 0.1) is 30.4 Å². The summed E-state index contributed by atoms with van der Waals surface area (Å²) in [6, 6.07) is 23.2. The van der Waals surface area contributed by atoms with Crippen LogP contribution in [0.5, 0.6) is 5.75 Å². The van der Waals surface area contributed by atoms with Crippen LogP contribution < -0.4 is 4.74 Å². The fourth-order valence-corrected chi connectivity index (χ4v) is 6.74. The number of halogens is 5. The number of rotatable bonds is 10. The summed E-state index contributed by atoms with van der Waals surface area (Å²) in [5.41, 5.74) is 1.98. The number of carbonyl (C=O) groups is 1. The Labute approximate surface area is 299 Å². The van der Waals surface area contributed by atoms with Gasteiger partial charge in [-0.3, -0.25) is 24.5 Å². The van der Waals surface area contributed by atoms with Gasteiger partial charge in [0, 0.05) is 54.9 Å². The lowest BCUT2D eigenvalue weighted by molar-refractivity contribution is -0.137. The second-order valence-electron chi connectivity index (χ2n) is 12.3. The van der Waals surface area contributed by atoms with Crippen LogP contribution in [0.4, 0.5) is 13.2 Å². The molecule has 1 amide bonds. The summed E-state index contributed by atoms with van der Waals surface area (Å²) >= 11 is 12.5. The van der Waals surface area contributed by atoms with E-state index >= 15 is 0 Å². The van der Waals surface area contributed by atoms with E-state index in [1.54, 1.807) is 67.6 Å². The molecule has 262 valence electrons. The molecule has 0 bridgehead atoms. The molecule has 1 saturated heterocycles. The number of carbonyl (C=O) groups excluding carboxylic acids is 1. The number of ether oxygens (including phenoxy) is 1. The van der Waals surface area contributed by atoms with E-state index in [0.717, 1.165) is 49.4 Å². The SMILES string of the molecule is CCOc1ccc(C(F)(F)F)cc1C1=NC(c2ccc(Cl)cc2)C(c2ccc(Cl)cc2)N1C(=O)c1ccc(CN2CCN(CCO)CC2)cc1. The topological polar surface area (TPSA) is 68.6 Å². The molecule has 0 radical (unpaired) electrons. The van der Waals surface area contributed by atoms with Gasteiger partial charge in [0.2, 0.25) is 0 Å². The van der Waals surface area contributed by atoms with Crippen molar-refractivity contribution in [2.75, 3.05) is 45.9 Å². The zero-order valence-corrected chi connectivity index (χ0v) is 28.9. The maximum atomic E-state index is 14.8. The molecule has 2 aliphatic heterocycles. The number of hydrogen-bond donors (Lipinski definition) is 1. The fraction of sp³-hybridized carbons (Fsp3) is 0.316. The van der Waals surface area contributed by atoms with Crippen LogP contribution in [0.15, 0.2) is 96.0 Å². The van der Waals surface area contributed by atoms with Gasteiger partial charge >= 0.3 is 6.18 Å². The average Bonchev–Trinajstić information content (AvgIpc) is 3.50. The van der Waals surface area contributed by atoms with E-state index in [4.69, 9.17) is 32.9 Å². The Bertz CT molecular complexity index is 1810. The highest BCUT2D eigenvalue weighted by molar-refractivity contribution is 6.30. The van der Waals surface area contributed by atoms with Crippen molar-refractivity contribution in [2.45, 2.75) is 31.7 Å². The number of amidine groups is 1. The van der Waals surface area contributed by atoms with Crippen LogP contribution in [0.2, 0.25) is 10.0 Å². The van der Waals surface area contributed by atoms with Gasteiger partial charge in [-0.1, -0.05) is 59.6 Å². The van der Waals surface area contributed by atoms with E-state index in [-0.39, 0.29) is 30.4 Å². The lowest BCUT2D eigenvalue weighted by atomic mass is 9.93. The maximum Gasteiger partial charge on any atom is 0.416 e. The van der Waals surface area contributed by atoms with Crippen LogP contribution in [-0.2, 0) is 12.7 Å². The van der Waals surface area contributed by atoms with Gasteiger partial charge in [-0.15, -0.1) is 0 Å². The minimum atomic E-state index is -4.64. The summed E-state index contributed by atoms with van der Waals surface area (Å²) in [6.07, 6.45) is -4.64. The van der Waals surface area contributed by atoms with Gasteiger partial charge in [0.1, 0.15) is 17.6 Å². The number of amides is 1. The molecule has 12 heteroatoms. The average molecular weight is 726 g/mol. The molecule has 0 aromatic heterocycles. The zero-order valence-electron chi connectivity index (χ0n) is 27.4. The molecule has 50 heavy (non-hydrogen) atoms. The first-order chi connectivity index (χ1) is 24.0. The first-order valence-electron chi connectivity index (χ1n) is 16.5. The molecule has 2 atom stereocenters. The Balaban J connectivity index is 1.42. The summed E-state index contributed by atoms with van der Waals surface area (Å²) in [4.78, 5) is 25.8. The number of aliphatic hydroxyl groups excluding tert-OH is 1. The van der Waals surface area contributed by atoms with E-state index in [1.807, 2.05) is 12.1 Å². The fourth-order valence-electron chi connectivity index (χ4n) is 6.49. The van der Waals surface area contributed by atoms with E-state index < -0.39 is 29.7 Å². The highest BCUT2D eigenvalue weighted by atomic mass is 35.5. The third-order valence-corrected chi connectivity index (χ3v) is 9.55. The van der Waals surface area contributed by atoms with Gasteiger partial charge in [-0.05, 0) is 78.2 Å². The molecule has 0 saturated carbocycles. The quantitative estimate of drug-likeness (QED) is 0.180. The second-order valence-corrected chi connectivity index (χ2v) is 13.2. The van der Waals surface area contributed by atoms with Crippen LogP contribution >= 0.6 is 23.2 Å². The first kappa shape index (κ1) is 35.9. The van der Waals surface area contributed by atoms with Gasteiger partial charge in [-0.2, -0.15) is 13.2 Å². The molecule has 2 aliphatic rings. The summed E-state index contributed by atoms with van der Waals surface area (Å²) in [7, 11) is 0. The van der Waals surface area contributed by atoms with Crippen LogP contribution in [-0.4, -0.2) is 77.5 Å². The van der Waals surface area contributed by atoms with Crippen LogP contribution in [0.3, 0.4) is 0 Å². The van der Waals surface area contributed by atoms with E-state index in [0.29, 0.717) is 34.3 Å². The molecule has 4 aromatic rings. The van der Waals surface area contributed by atoms with Crippen molar-refractivity contribution >= 4 is 34.9 Å². The molecular formula is C38H37Cl2F3N4O3.